The summed E-state index contributed by atoms with van der Waals surface area (Å²) >= 11 is 9.51. The molecule has 2 aliphatic heterocycles. The number of aromatic nitrogens is 1. The summed E-state index contributed by atoms with van der Waals surface area (Å²) in [7, 11) is 0. The summed E-state index contributed by atoms with van der Waals surface area (Å²) in [5.74, 6) is 1.03. The van der Waals surface area contributed by atoms with E-state index in [0.717, 1.165) is 29.4 Å². The normalized spacial score (nSPS) is 22.1. The van der Waals surface area contributed by atoms with E-state index >= 15 is 0 Å². The number of anilines is 1. The molecule has 19 heavy (non-hydrogen) atoms. The number of rotatable bonds is 2. The Morgan fingerprint density at radius 2 is 1.84 bits per heavy atom. The van der Waals surface area contributed by atoms with Crippen LogP contribution in [-0.2, 0) is 0 Å². The standard InChI is InChI=1S/C14H19BrClN3/c15-13-9-11(16)10-17-14(13)19-7-3-12(4-8-19)18-5-1-2-6-18/h9-10,12H,1-8H2. The van der Waals surface area contributed by atoms with Gasteiger partial charge in [-0.1, -0.05) is 11.6 Å². The summed E-state index contributed by atoms with van der Waals surface area (Å²) in [4.78, 5) is 9.49. The second-order valence-electron chi connectivity index (χ2n) is 5.42. The third-order valence-corrected chi connectivity index (χ3v) is 5.00. The molecule has 0 unspecified atom stereocenters. The third kappa shape index (κ3) is 3.06. The zero-order valence-corrected chi connectivity index (χ0v) is 13.3. The smallest absolute Gasteiger partial charge is 0.142 e. The van der Waals surface area contributed by atoms with Crippen molar-refractivity contribution in [1.82, 2.24) is 9.88 Å². The Kier molecular flexibility index (Phi) is 4.30. The van der Waals surface area contributed by atoms with Gasteiger partial charge in [0.1, 0.15) is 5.82 Å². The second kappa shape index (κ2) is 5.98. The van der Waals surface area contributed by atoms with Crippen LogP contribution in [0.4, 0.5) is 5.82 Å². The average molecular weight is 345 g/mol. The SMILES string of the molecule is Clc1cnc(N2CCC(N3CCCC3)CC2)c(Br)c1. The van der Waals surface area contributed by atoms with E-state index in [1.54, 1.807) is 6.20 Å². The molecular formula is C14H19BrClN3. The molecule has 0 aromatic carbocycles. The van der Waals surface area contributed by atoms with Crippen LogP contribution in [0.3, 0.4) is 0 Å². The Hall–Kier alpha value is -0.320. The van der Waals surface area contributed by atoms with Crippen LogP contribution in [-0.4, -0.2) is 42.1 Å². The summed E-state index contributed by atoms with van der Waals surface area (Å²) in [5.41, 5.74) is 0. The summed E-state index contributed by atoms with van der Waals surface area (Å²) in [6.07, 6.45) is 6.98. The van der Waals surface area contributed by atoms with Gasteiger partial charge in [-0.2, -0.15) is 0 Å². The van der Waals surface area contributed by atoms with Crippen LogP contribution in [0.5, 0.6) is 0 Å². The fourth-order valence-corrected chi connectivity index (χ4v) is 4.08. The van der Waals surface area contributed by atoms with E-state index in [1.807, 2.05) is 6.07 Å². The van der Waals surface area contributed by atoms with Gasteiger partial charge in [-0.3, -0.25) is 0 Å². The van der Waals surface area contributed by atoms with Gasteiger partial charge in [-0.25, -0.2) is 4.98 Å². The van der Waals surface area contributed by atoms with Gasteiger partial charge in [0.05, 0.1) is 9.50 Å². The molecule has 104 valence electrons. The lowest BCUT2D eigenvalue weighted by molar-refractivity contribution is 0.207. The number of hydrogen-bond donors (Lipinski definition) is 0. The van der Waals surface area contributed by atoms with Crippen molar-refractivity contribution in [3.05, 3.63) is 21.8 Å². The van der Waals surface area contributed by atoms with Gasteiger partial charge >= 0.3 is 0 Å². The van der Waals surface area contributed by atoms with Crippen LogP contribution in [0.25, 0.3) is 0 Å². The predicted molar refractivity (Wildman–Crippen MR) is 83.0 cm³/mol. The van der Waals surface area contributed by atoms with Crippen LogP contribution < -0.4 is 4.90 Å². The maximum absolute atomic E-state index is 5.95. The number of halogens is 2. The van der Waals surface area contributed by atoms with E-state index in [-0.39, 0.29) is 0 Å². The van der Waals surface area contributed by atoms with Crippen LogP contribution in [0.15, 0.2) is 16.7 Å². The number of piperidine rings is 1. The van der Waals surface area contributed by atoms with Gasteiger partial charge in [-0.05, 0) is 60.8 Å². The molecule has 0 bridgehead atoms. The van der Waals surface area contributed by atoms with E-state index in [0.29, 0.717) is 5.02 Å². The molecular weight excluding hydrogens is 326 g/mol. The van der Waals surface area contributed by atoms with E-state index < -0.39 is 0 Å². The molecule has 0 saturated carbocycles. The van der Waals surface area contributed by atoms with Crippen LogP contribution in [0, 0.1) is 0 Å². The molecule has 0 spiro atoms. The number of nitrogens with zero attached hydrogens (tertiary/aromatic N) is 3. The van der Waals surface area contributed by atoms with E-state index in [4.69, 9.17) is 11.6 Å². The largest absolute Gasteiger partial charge is 0.356 e. The highest BCUT2D eigenvalue weighted by atomic mass is 79.9. The molecule has 0 N–H and O–H groups in total. The number of hydrogen-bond acceptors (Lipinski definition) is 3. The highest BCUT2D eigenvalue weighted by molar-refractivity contribution is 9.10. The molecule has 3 rings (SSSR count). The first-order valence-corrected chi connectivity index (χ1v) is 8.21. The Morgan fingerprint density at radius 1 is 1.16 bits per heavy atom. The summed E-state index contributed by atoms with van der Waals surface area (Å²) < 4.78 is 1.000. The van der Waals surface area contributed by atoms with Crippen LogP contribution in [0.1, 0.15) is 25.7 Å². The molecule has 0 atom stereocenters. The Morgan fingerprint density at radius 3 is 2.47 bits per heavy atom. The molecule has 1 aromatic heterocycles. The van der Waals surface area contributed by atoms with Gasteiger partial charge in [-0.15, -0.1) is 0 Å². The van der Waals surface area contributed by atoms with E-state index in [9.17, 15) is 0 Å². The average Bonchev–Trinajstić information content (AvgIpc) is 2.93. The topological polar surface area (TPSA) is 19.4 Å². The van der Waals surface area contributed by atoms with Crippen LogP contribution >= 0.6 is 27.5 Å². The first kappa shape index (κ1) is 13.7. The molecule has 1 aromatic rings. The maximum atomic E-state index is 5.95. The molecule has 0 radical (unpaired) electrons. The van der Waals surface area contributed by atoms with Crippen molar-refractivity contribution in [2.75, 3.05) is 31.1 Å². The quantitative estimate of drug-likeness (QED) is 0.818. The molecule has 3 nitrogen and oxygen atoms in total. The fraction of sp³-hybridized carbons (Fsp3) is 0.643. The minimum Gasteiger partial charge on any atom is -0.356 e. The zero-order valence-electron chi connectivity index (χ0n) is 11.0. The predicted octanol–water partition coefficient (Wildman–Crippen LogP) is 3.56. The third-order valence-electron chi connectivity index (χ3n) is 4.21. The molecule has 2 saturated heterocycles. The molecule has 2 fully saturated rings. The Bertz CT molecular complexity index is 440. The van der Waals surface area contributed by atoms with Crippen molar-refractivity contribution in [3.8, 4) is 0 Å². The minimum atomic E-state index is 0.683. The van der Waals surface area contributed by atoms with Gasteiger partial charge in [0.15, 0.2) is 0 Å². The fourth-order valence-electron chi connectivity index (χ4n) is 3.19. The number of likely N-dealkylation sites (tertiary alicyclic amines) is 1. The summed E-state index contributed by atoms with van der Waals surface area (Å²) in [6.45, 7) is 4.78. The van der Waals surface area contributed by atoms with Crippen molar-refractivity contribution < 1.29 is 0 Å². The molecule has 0 aliphatic carbocycles. The van der Waals surface area contributed by atoms with E-state index in [2.05, 4.69) is 30.7 Å². The van der Waals surface area contributed by atoms with Gasteiger partial charge in [0, 0.05) is 25.3 Å². The van der Waals surface area contributed by atoms with Crippen molar-refractivity contribution >= 4 is 33.3 Å². The van der Waals surface area contributed by atoms with Crippen molar-refractivity contribution in [1.29, 1.82) is 0 Å². The first-order valence-electron chi connectivity index (χ1n) is 7.04. The summed E-state index contributed by atoms with van der Waals surface area (Å²) in [5, 5.41) is 0.683. The lowest BCUT2D eigenvalue weighted by Crippen LogP contribution is -2.44. The highest BCUT2D eigenvalue weighted by Gasteiger charge is 2.27. The van der Waals surface area contributed by atoms with Gasteiger partial charge in [0.25, 0.3) is 0 Å². The number of pyridine rings is 1. The molecule has 5 heteroatoms. The monoisotopic (exact) mass is 343 g/mol. The second-order valence-corrected chi connectivity index (χ2v) is 6.71. The summed E-state index contributed by atoms with van der Waals surface area (Å²) in [6, 6.07) is 2.71. The highest BCUT2D eigenvalue weighted by Crippen LogP contribution is 2.30. The first-order chi connectivity index (χ1) is 9.24. The lowest BCUT2D eigenvalue weighted by Gasteiger charge is -2.37. The van der Waals surface area contributed by atoms with Crippen molar-refractivity contribution in [2.24, 2.45) is 0 Å². The van der Waals surface area contributed by atoms with Crippen molar-refractivity contribution in [2.45, 2.75) is 31.7 Å². The maximum Gasteiger partial charge on any atom is 0.142 e. The molecule has 3 heterocycles. The molecule has 0 amide bonds. The Balaban J connectivity index is 1.63. The zero-order chi connectivity index (χ0) is 13.2. The van der Waals surface area contributed by atoms with Gasteiger partial charge < -0.3 is 9.80 Å². The van der Waals surface area contributed by atoms with Crippen molar-refractivity contribution in [3.63, 3.8) is 0 Å². The Labute approximate surface area is 128 Å². The minimum absolute atomic E-state index is 0.683. The molecule has 2 aliphatic rings. The van der Waals surface area contributed by atoms with Crippen LogP contribution in [0.2, 0.25) is 5.02 Å². The van der Waals surface area contributed by atoms with E-state index in [1.165, 1.54) is 38.8 Å². The van der Waals surface area contributed by atoms with Gasteiger partial charge in [0.2, 0.25) is 0 Å². The lowest BCUT2D eigenvalue weighted by atomic mass is 10.0.